The van der Waals surface area contributed by atoms with Crippen LogP contribution in [0.15, 0.2) is 24.3 Å². The summed E-state index contributed by atoms with van der Waals surface area (Å²) in [6, 6.07) is 0. The van der Waals surface area contributed by atoms with Gasteiger partial charge in [-0.2, -0.15) is 0 Å². The van der Waals surface area contributed by atoms with Crippen molar-refractivity contribution >= 4 is 0 Å². The molecule has 1 rings (SSSR count). The van der Waals surface area contributed by atoms with Gasteiger partial charge >= 0.3 is 0 Å². The highest BCUT2D eigenvalue weighted by atomic mass is 16.7. The summed E-state index contributed by atoms with van der Waals surface area (Å²) in [6.45, 7) is 3.57. The molecular weight excluding hydrogens is 176 g/mol. The number of hydrogen-bond donors (Lipinski definition) is 0. The second kappa shape index (κ2) is 7.77. The van der Waals surface area contributed by atoms with Crippen LogP contribution >= 0.6 is 0 Å². The average Bonchev–Trinajstić information content (AvgIpc) is 2.69. The van der Waals surface area contributed by atoms with Crippen LogP contribution in [0.5, 0.6) is 0 Å². The minimum atomic E-state index is 0.0783. The van der Waals surface area contributed by atoms with Gasteiger partial charge in [0.1, 0.15) is 0 Å². The summed E-state index contributed by atoms with van der Waals surface area (Å²) in [4.78, 5) is 0. The molecule has 1 heterocycles. The molecule has 2 nitrogen and oxygen atoms in total. The standard InChI is InChI=1S/C12H20O2/c1-2-3-4-5-6-7-8-9-12-13-10-11-14-12/h2-5,12H,6-11H2,1H3/b3-2+,5-4+. The first kappa shape index (κ1) is 11.5. The van der Waals surface area contributed by atoms with Crippen LogP contribution < -0.4 is 0 Å². The van der Waals surface area contributed by atoms with Crippen molar-refractivity contribution in [3.05, 3.63) is 24.3 Å². The van der Waals surface area contributed by atoms with Crippen molar-refractivity contribution < 1.29 is 9.47 Å². The fourth-order valence-electron chi connectivity index (χ4n) is 1.43. The van der Waals surface area contributed by atoms with Gasteiger partial charge in [0.25, 0.3) is 0 Å². The Morgan fingerprint density at radius 2 is 1.93 bits per heavy atom. The quantitative estimate of drug-likeness (QED) is 0.480. The van der Waals surface area contributed by atoms with E-state index in [9.17, 15) is 0 Å². The Morgan fingerprint density at radius 1 is 1.14 bits per heavy atom. The maximum Gasteiger partial charge on any atom is 0.157 e. The van der Waals surface area contributed by atoms with Crippen LogP contribution in [-0.2, 0) is 9.47 Å². The van der Waals surface area contributed by atoms with Gasteiger partial charge in [-0.3, -0.25) is 0 Å². The molecule has 0 aromatic heterocycles. The van der Waals surface area contributed by atoms with Gasteiger partial charge in [-0.25, -0.2) is 0 Å². The molecule has 0 aromatic rings. The molecule has 0 unspecified atom stereocenters. The van der Waals surface area contributed by atoms with Crippen molar-refractivity contribution in [3.63, 3.8) is 0 Å². The van der Waals surface area contributed by atoms with E-state index < -0.39 is 0 Å². The molecular formula is C12H20O2. The van der Waals surface area contributed by atoms with Crippen molar-refractivity contribution in [2.24, 2.45) is 0 Å². The molecule has 1 aliphatic heterocycles. The molecule has 1 fully saturated rings. The lowest BCUT2D eigenvalue weighted by Crippen LogP contribution is -2.06. The first-order valence-electron chi connectivity index (χ1n) is 5.44. The summed E-state index contributed by atoms with van der Waals surface area (Å²) in [5.41, 5.74) is 0. The van der Waals surface area contributed by atoms with Gasteiger partial charge in [0, 0.05) is 0 Å². The van der Waals surface area contributed by atoms with Crippen LogP contribution in [0.2, 0.25) is 0 Å². The lowest BCUT2D eigenvalue weighted by atomic mass is 10.2. The number of unbranched alkanes of at least 4 members (excludes halogenated alkanes) is 2. The molecule has 0 atom stereocenters. The van der Waals surface area contributed by atoms with Crippen molar-refractivity contribution in [2.45, 2.75) is 38.9 Å². The van der Waals surface area contributed by atoms with E-state index in [1.807, 2.05) is 13.0 Å². The zero-order chi connectivity index (χ0) is 10.1. The van der Waals surface area contributed by atoms with Crippen molar-refractivity contribution in [3.8, 4) is 0 Å². The first-order chi connectivity index (χ1) is 6.93. The monoisotopic (exact) mass is 196 g/mol. The van der Waals surface area contributed by atoms with Gasteiger partial charge in [-0.05, 0) is 32.6 Å². The van der Waals surface area contributed by atoms with Gasteiger partial charge in [-0.15, -0.1) is 0 Å². The molecule has 0 spiro atoms. The number of ether oxygens (including phenoxy) is 2. The Bertz CT molecular complexity index is 179. The molecule has 1 saturated heterocycles. The van der Waals surface area contributed by atoms with E-state index in [0.717, 1.165) is 26.1 Å². The second-order valence-electron chi connectivity index (χ2n) is 3.41. The zero-order valence-electron chi connectivity index (χ0n) is 8.95. The molecule has 14 heavy (non-hydrogen) atoms. The molecule has 0 aliphatic carbocycles. The van der Waals surface area contributed by atoms with Crippen LogP contribution in [0.25, 0.3) is 0 Å². The van der Waals surface area contributed by atoms with Gasteiger partial charge in [0.15, 0.2) is 6.29 Å². The Balaban J connectivity index is 1.88. The van der Waals surface area contributed by atoms with E-state index in [2.05, 4.69) is 18.2 Å². The summed E-state index contributed by atoms with van der Waals surface area (Å²) >= 11 is 0. The lowest BCUT2D eigenvalue weighted by Gasteiger charge is -2.06. The van der Waals surface area contributed by atoms with Gasteiger partial charge in [-0.1, -0.05) is 24.3 Å². The van der Waals surface area contributed by atoms with Crippen molar-refractivity contribution in [2.75, 3.05) is 13.2 Å². The van der Waals surface area contributed by atoms with Crippen LogP contribution in [0.4, 0.5) is 0 Å². The Labute approximate surface area is 86.6 Å². The van der Waals surface area contributed by atoms with E-state index in [0.29, 0.717) is 0 Å². The molecule has 0 bridgehead atoms. The third kappa shape index (κ3) is 5.20. The van der Waals surface area contributed by atoms with Crippen LogP contribution in [0, 0.1) is 0 Å². The van der Waals surface area contributed by atoms with Crippen LogP contribution in [0.1, 0.15) is 32.6 Å². The summed E-state index contributed by atoms with van der Waals surface area (Å²) in [5, 5.41) is 0. The topological polar surface area (TPSA) is 18.5 Å². The van der Waals surface area contributed by atoms with E-state index in [1.54, 1.807) is 0 Å². The summed E-state index contributed by atoms with van der Waals surface area (Å²) in [6.07, 6.45) is 13.1. The normalized spacial score (nSPS) is 18.9. The molecule has 80 valence electrons. The number of rotatable bonds is 6. The first-order valence-corrected chi connectivity index (χ1v) is 5.44. The molecule has 0 radical (unpaired) electrons. The fourth-order valence-corrected chi connectivity index (χ4v) is 1.43. The highest BCUT2D eigenvalue weighted by Crippen LogP contribution is 2.12. The maximum absolute atomic E-state index is 5.35. The van der Waals surface area contributed by atoms with Gasteiger partial charge in [0.2, 0.25) is 0 Å². The van der Waals surface area contributed by atoms with Gasteiger partial charge < -0.3 is 9.47 Å². The van der Waals surface area contributed by atoms with E-state index in [1.165, 1.54) is 12.8 Å². The second-order valence-corrected chi connectivity index (χ2v) is 3.41. The highest BCUT2D eigenvalue weighted by molar-refractivity contribution is 5.00. The Kier molecular flexibility index (Phi) is 6.37. The van der Waals surface area contributed by atoms with E-state index in [4.69, 9.17) is 9.47 Å². The van der Waals surface area contributed by atoms with E-state index in [-0.39, 0.29) is 6.29 Å². The predicted octanol–water partition coefficient (Wildman–Crippen LogP) is 3.05. The van der Waals surface area contributed by atoms with Crippen molar-refractivity contribution in [1.29, 1.82) is 0 Å². The minimum Gasteiger partial charge on any atom is -0.350 e. The SMILES string of the molecule is C/C=C/C=C/CCCCC1OCCO1. The molecule has 2 heteroatoms. The molecule has 1 aliphatic rings. The Morgan fingerprint density at radius 3 is 2.64 bits per heavy atom. The summed E-state index contributed by atoms with van der Waals surface area (Å²) in [5.74, 6) is 0. The molecule has 0 saturated carbocycles. The Hall–Kier alpha value is -0.600. The van der Waals surface area contributed by atoms with Crippen LogP contribution in [0.3, 0.4) is 0 Å². The molecule has 0 aromatic carbocycles. The van der Waals surface area contributed by atoms with Gasteiger partial charge in [0.05, 0.1) is 13.2 Å². The minimum absolute atomic E-state index is 0.0783. The predicted molar refractivity (Wildman–Crippen MR) is 58.1 cm³/mol. The smallest absolute Gasteiger partial charge is 0.157 e. The molecule has 0 N–H and O–H groups in total. The lowest BCUT2D eigenvalue weighted by molar-refractivity contribution is -0.0478. The van der Waals surface area contributed by atoms with Crippen LogP contribution in [-0.4, -0.2) is 19.5 Å². The third-order valence-electron chi connectivity index (χ3n) is 2.19. The zero-order valence-corrected chi connectivity index (χ0v) is 8.95. The number of hydrogen-bond acceptors (Lipinski definition) is 2. The summed E-state index contributed by atoms with van der Waals surface area (Å²) < 4.78 is 10.7. The van der Waals surface area contributed by atoms with E-state index >= 15 is 0 Å². The number of allylic oxidation sites excluding steroid dienone is 4. The maximum atomic E-state index is 5.35. The third-order valence-corrected chi connectivity index (χ3v) is 2.19. The highest BCUT2D eigenvalue weighted by Gasteiger charge is 2.14. The summed E-state index contributed by atoms with van der Waals surface area (Å²) in [7, 11) is 0. The largest absolute Gasteiger partial charge is 0.350 e. The fraction of sp³-hybridized carbons (Fsp3) is 0.667. The average molecular weight is 196 g/mol. The van der Waals surface area contributed by atoms with Crippen molar-refractivity contribution in [1.82, 2.24) is 0 Å². The molecule has 0 amide bonds.